The minimum Gasteiger partial charge on any atom is -0.497 e. The van der Waals surface area contributed by atoms with Crippen molar-refractivity contribution in [3.05, 3.63) is 23.8 Å². The van der Waals surface area contributed by atoms with Crippen LogP contribution in [-0.2, 0) is 6.42 Å². The predicted molar refractivity (Wildman–Crippen MR) is 54.4 cm³/mol. The molecule has 1 aromatic rings. The molecule has 0 fully saturated rings. The van der Waals surface area contributed by atoms with Gasteiger partial charge in [-0.05, 0) is 44.0 Å². The van der Waals surface area contributed by atoms with Crippen LogP contribution in [0.15, 0.2) is 18.2 Å². The van der Waals surface area contributed by atoms with Crippen LogP contribution in [0.4, 0.5) is 5.69 Å². The summed E-state index contributed by atoms with van der Waals surface area (Å²) in [5.41, 5.74) is 2.78. The van der Waals surface area contributed by atoms with Crippen LogP contribution in [0.5, 0.6) is 5.75 Å². The molecule has 1 heterocycles. The van der Waals surface area contributed by atoms with E-state index in [2.05, 4.69) is 31.3 Å². The maximum Gasteiger partial charge on any atom is 0.119 e. The summed E-state index contributed by atoms with van der Waals surface area (Å²) < 4.78 is 5.18. The molecule has 70 valence electrons. The van der Waals surface area contributed by atoms with Crippen molar-refractivity contribution < 1.29 is 4.74 Å². The van der Waals surface area contributed by atoms with E-state index < -0.39 is 0 Å². The SMILES string of the molecule is COc1ccc2c(c1)CC(C)(C)N2. The molecule has 2 heteroatoms. The molecule has 0 spiro atoms. The number of methoxy groups -OCH3 is 1. The molecule has 1 N–H and O–H groups in total. The number of anilines is 1. The number of nitrogens with one attached hydrogen (secondary N) is 1. The Labute approximate surface area is 78.9 Å². The average Bonchev–Trinajstić information content (AvgIpc) is 2.36. The summed E-state index contributed by atoms with van der Waals surface area (Å²) in [7, 11) is 1.70. The number of ether oxygens (including phenoxy) is 1. The predicted octanol–water partition coefficient (Wildman–Crippen LogP) is 2.44. The van der Waals surface area contributed by atoms with Crippen LogP contribution in [0.3, 0.4) is 0 Å². The van der Waals surface area contributed by atoms with Crippen LogP contribution >= 0.6 is 0 Å². The Bertz CT molecular complexity index is 331. The van der Waals surface area contributed by atoms with E-state index in [0.29, 0.717) is 0 Å². The zero-order chi connectivity index (χ0) is 9.47. The Kier molecular flexibility index (Phi) is 1.72. The van der Waals surface area contributed by atoms with E-state index in [1.807, 2.05) is 6.07 Å². The summed E-state index contributed by atoms with van der Waals surface area (Å²) in [6.07, 6.45) is 1.07. The van der Waals surface area contributed by atoms with E-state index >= 15 is 0 Å². The normalized spacial score (nSPS) is 17.8. The molecule has 0 unspecified atom stereocenters. The van der Waals surface area contributed by atoms with E-state index in [4.69, 9.17) is 4.74 Å². The lowest BCUT2D eigenvalue weighted by Crippen LogP contribution is -2.26. The van der Waals surface area contributed by atoms with Gasteiger partial charge in [0.15, 0.2) is 0 Å². The van der Waals surface area contributed by atoms with Gasteiger partial charge >= 0.3 is 0 Å². The third-order valence-electron chi connectivity index (χ3n) is 2.42. The first-order valence-corrected chi connectivity index (χ1v) is 4.56. The summed E-state index contributed by atoms with van der Waals surface area (Å²) in [4.78, 5) is 0. The summed E-state index contributed by atoms with van der Waals surface area (Å²) in [6.45, 7) is 4.42. The number of fused-ring (bicyclic) bond motifs is 1. The first-order valence-electron chi connectivity index (χ1n) is 4.56. The lowest BCUT2D eigenvalue weighted by Gasteiger charge is -2.17. The van der Waals surface area contributed by atoms with Crippen LogP contribution in [0, 0.1) is 0 Å². The van der Waals surface area contributed by atoms with Crippen molar-refractivity contribution in [1.82, 2.24) is 0 Å². The van der Waals surface area contributed by atoms with Gasteiger partial charge < -0.3 is 10.1 Å². The smallest absolute Gasteiger partial charge is 0.119 e. The molecule has 0 radical (unpaired) electrons. The molecular weight excluding hydrogens is 162 g/mol. The van der Waals surface area contributed by atoms with Crippen LogP contribution in [0.1, 0.15) is 19.4 Å². The Hall–Kier alpha value is -1.18. The standard InChI is InChI=1S/C11H15NO/c1-11(2)7-8-6-9(13-3)4-5-10(8)12-11/h4-6,12H,7H2,1-3H3. The van der Waals surface area contributed by atoms with Gasteiger partial charge in [0.1, 0.15) is 5.75 Å². The van der Waals surface area contributed by atoms with Crippen molar-refractivity contribution in [2.24, 2.45) is 0 Å². The third-order valence-corrected chi connectivity index (χ3v) is 2.42. The number of hydrogen-bond donors (Lipinski definition) is 1. The molecule has 2 rings (SSSR count). The Morgan fingerprint density at radius 2 is 2.15 bits per heavy atom. The van der Waals surface area contributed by atoms with Crippen molar-refractivity contribution in [3.63, 3.8) is 0 Å². The Morgan fingerprint density at radius 3 is 2.85 bits per heavy atom. The van der Waals surface area contributed by atoms with Crippen molar-refractivity contribution in [3.8, 4) is 5.75 Å². The Morgan fingerprint density at radius 1 is 1.38 bits per heavy atom. The fraction of sp³-hybridized carbons (Fsp3) is 0.455. The highest BCUT2D eigenvalue weighted by Crippen LogP contribution is 2.34. The van der Waals surface area contributed by atoms with Crippen LogP contribution in [0.25, 0.3) is 0 Å². The lowest BCUT2D eigenvalue weighted by atomic mass is 10.0. The molecule has 0 aliphatic carbocycles. The number of hydrogen-bond acceptors (Lipinski definition) is 2. The van der Waals surface area contributed by atoms with Gasteiger partial charge in [0.25, 0.3) is 0 Å². The lowest BCUT2D eigenvalue weighted by molar-refractivity contribution is 0.414. The second-order valence-corrected chi connectivity index (χ2v) is 4.21. The Balaban J connectivity index is 2.36. The van der Waals surface area contributed by atoms with E-state index in [-0.39, 0.29) is 5.54 Å². The summed E-state index contributed by atoms with van der Waals surface area (Å²) >= 11 is 0. The highest BCUT2D eigenvalue weighted by molar-refractivity contribution is 5.60. The fourth-order valence-corrected chi connectivity index (χ4v) is 1.85. The molecule has 0 amide bonds. The van der Waals surface area contributed by atoms with Crippen molar-refractivity contribution in [2.75, 3.05) is 12.4 Å². The van der Waals surface area contributed by atoms with E-state index in [1.54, 1.807) is 7.11 Å². The number of benzene rings is 1. The van der Waals surface area contributed by atoms with E-state index in [9.17, 15) is 0 Å². The molecule has 2 nitrogen and oxygen atoms in total. The van der Waals surface area contributed by atoms with Crippen molar-refractivity contribution >= 4 is 5.69 Å². The van der Waals surface area contributed by atoms with Crippen LogP contribution < -0.4 is 10.1 Å². The van der Waals surface area contributed by atoms with E-state index in [0.717, 1.165) is 12.2 Å². The van der Waals surface area contributed by atoms with Gasteiger partial charge in [-0.15, -0.1) is 0 Å². The zero-order valence-corrected chi connectivity index (χ0v) is 8.35. The second-order valence-electron chi connectivity index (χ2n) is 4.21. The number of rotatable bonds is 1. The fourth-order valence-electron chi connectivity index (χ4n) is 1.85. The average molecular weight is 177 g/mol. The van der Waals surface area contributed by atoms with Gasteiger partial charge in [-0.1, -0.05) is 0 Å². The third kappa shape index (κ3) is 1.48. The molecule has 0 saturated heterocycles. The summed E-state index contributed by atoms with van der Waals surface area (Å²) in [5, 5.41) is 3.47. The zero-order valence-electron chi connectivity index (χ0n) is 8.35. The summed E-state index contributed by atoms with van der Waals surface area (Å²) in [5.74, 6) is 0.943. The monoisotopic (exact) mass is 177 g/mol. The van der Waals surface area contributed by atoms with Crippen LogP contribution in [0.2, 0.25) is 0 Å². The van der Waals surface area contributed by atoms with Gasteiger partial charge in [0.2, 0.25) is 0 Å². The molecule has 0 saturated carbocycles. The molecular formula is C11H15NO. The topological polar surface area (TPSA) is 21.3 Å². The van der Waals surface area contributed by atoms with Gasteiger partial charge in [0, 0.05) is 11.2 Å². The minimum absolute atomic E-state index is 0.189. The van der Waals surface area contributed by atoms with Gasteiger partial charge in [-0.2, -0.15) is 0 Å². The summed E-state index contributed by atoms with van der Waals surface area (Å²) in [6, 6.07) is 6.19. The highest BCUT2D eigenvalue weighted by Gasteiger charge is 2.27. The highest BCUT2D eigenvalue weighted by atomic mass is 16.5. The van der Waals surface area contributed by atoms with Crippen LogP contribution in [-0.4, -0.2) is 12.6 Å². The van der Waals surface area contributed by atoms with Gasteiger partial charge in [-0.25, -0.2) is 0 Å². The molecule has 1 aromatic carbocycles. The second kappa shape index (κ2) is 2.66. The van der Waals surface area contributed by atoms with Gasteiger partial charge in [0.05, 0.1) is 7.11 Å². The van der Waals surface area contributed by atoms with Crippen molar-refractivity contribution in [1.29, 1.82) is 0 Å². The van der Waals surface area contributed by atoms with E-state index in [1.165, 1.54) is 11.3 Å². The van der Waals surface area contributed by atoms with Crippen molar-refractivity contribution in [2.45, 2.75) is 25.8 Å². The maximum atomic E-state index is 5.18. The molecule has 0 atom stereocenters. The molecule has 13 heavy (non-hydrogen) atoms. The maximum absolute atomic E-state index is 5.18. The molecule has 1 aliphatic heterocycles. The van der Waals surface area contributed by atoms with Gasteiger partial charge in [-0.3, -0.25) is 0 Å². The first kappa shape index (κ1) is 8.42. The molecule has 0 bridgehead atoms. The first-order chi connectivity index (χ1) is 6.11. The molecule has 1 aliphatic rings. The quantitative estimate of drug-likeness (QED) is 0.711. The minimum atomic E-state index is 0.189. The largest absolute Gasteiger partial charge is 0.497 e. The molecule has 0 aromatic heterocycles.